The van der Waals surface area contributed by atoms with E-state index < -0.39 is 5.60 Å². The summed E-state index contributed by atoms with van der Waals surface area (Å²) in [7, 11) is 0. The van der Waals surface area contributed by atoms with E-state index in [1.807, 2.05) is 6.92 Å². The maximum atomic E-state index is 12.4. The number of allylic oxidation sites excluding steroid dienone is 1. The fraction of sp³-hybridized carbons (Fsp3) is 0.875. The highest BCUT2D eigenvalue weighted by Crippen LogP contribution is 2.60. The van der Waals surface area contributed by atoms with Crippen LogP contribution < -0.4 is 0 Å². The zero-order valence-corrected chi connectivity index (χ0v) is 19.9. The highest BCUT2D eigenvalue weighted by atomic mass is 79.9. The Hall–Kier alpha value is -0.350. The van der Waals surface area contributed by atoms with Gasteiger partial charge in [0.05, 0.1) is 0 Å². The second-order valence-electron chi connectivity index (χ2n) is 9.98. The van der Waals surface area contributed by atoms with Gasteiger partial charge in [0.1, 0.15) is 0 Å². The van der Waals surface area contributed by atoms with Crippen LogP contribution in [0.3, 0.4) is 0 Å². The van der Waals surface area contributed by atoms with E-state index in [0.717, 1.165) is 43.9 Å². The molecule has 0 aromatic carbocycles. The largest absolute Gasteiger partial charge is 0.434 e. The van der Waals surface area contributed by atoms with Crippen LogP contribution in [-0.4, -0.2) is 17.9 Å². The summed E-state index contributed by atoms with van der Waals surface area (Å²) < 4.78 is 11.5. The maximum absolute atomic E-state index is 12.4. The number of ether oxygens (including phenoxy) is 2. The molecular formula is C24H39BrO3. The first-order valence-electron chi connectivity index (χ1n) is 11.5. The number of halogens is 1. The Bertz CT molecular complexity index is 588. The summed E-state index contributed by atoms with van der Waals surface area (Å²) in [6, 6.07) is 0. The molecule has 2 aliphatic carbocycles. The number of cyclic esters (lactones) is 1. The van der Waals surface area contributed by atoms with Crippen molar-refractivity contribution in [2.45, 2.75) is 110 Å². The Kier molecular flexibility index (Phi) is 7.34. The van der Waals surface area contributed by atoms with Gasteiger partial charge in [-0.1, -0.05) is 55.1 Å². The lowest BCUT2D eigenvalue weighted by Crippen LogP contribution is -2.36. The molecule has 6 atom stereocenters. The monoisotopic (exact) mass is 454 g/mol. The van der Waals surface area contributed by atoms with Crippen molar-refractivity contribution in [3.8, 4) is 0 Å². The molecule has 0 radical (unpaired) electrons. The van der Waals surface area contributed by atoms with Gasteiger partial charge in [0.15, 0.2) is 5.60 Å². The number of fused-ring (bicyclic) bond motifs is 1. The Morgan fingerprint density at radius 2 is 2.07 bits per heavy atom. The van der Waals surface area contributed by atoms with E-state index in [1.54, 1.807) is 5.57 Å². The van der Waals surface area contributed by atoms with Gasteiger partial charge in [-0.2, -0.15) is 0 Å². The molecule has 2 saturated carbocycles. The summed E-state index contributed by atoms with van der Waals surface area (Å²) in [5.41, 5.74) is 1.35. The topological polar surface area (TPSA) is 35.5 Å². The van der Waals surface area contributed by atoms with E-state index >= 15 is 0 Å². The van der Waals surface area contributed by atoms with Gasteiger partial charge in [0.25, 0.3) is 0 Å². The predicted molar refractivity (Wildman–Crippen MR) is 117 cm³/mol. The van der Waals surface area contributed by atoms with Crippen molar-refractivity contribution in [3.63, 3.8) is 0 Å². The summed E-state index contributed by atoms with van der Waals surface area (Å²) in [5, 5.41) is 0. The molecule has 160 valence electrons. The lowest BCUT2D eigenvalue weighted by atomic mass is 9.61. The second-order valence-corrected chi connectivity index (χ2v) is 10.4. The Balaban J connectivity index is 1.52. The Labute approximate surface area is 180 Å². The minimum absolute atomic E-state index is 0.159. The SMILES string of the molecule is CCCC[C@@H]1OC(=O)[C@@](C)(CCC[C@@H](C)[C@H]2CCC3/C(=C/Br)CCC[C@@]32C)O1. The minimum atomic E-state index is -0.739. The van der Waals surface area contributed by atoms with E-state index in [2.05, 4.69) is 41.7 Å². The van der Waals surface area contributed by atoms with Crippen molar-refractivity contribution >= 4 is 21.9 Å². The standard InChI is InChI=1S/C24H39BrO3/c1-5-6-11-21-27-22(26)24(4,28-21)15-7-9-17(2)19-12-13-20-18(16-25)10-8-14-23(19,20)3/h16-17,19-21H,5-15H2,1-4H3/b18-16+/t17-,19-,20?,21-,23-,24-/m1/s1. The second kappa shape index (κ2) is 9.20. The van der Waals surface area contributed by atoms with Crippen molar-refractivity contribution in [2.24, 2.45) is 23.2 Å². The third-order valence-electron chi connectivity index (χ3n) is 8.03. The van der Waals surface area contributed by atoms with E-state index in [9.17, 15) is 4.79 Å². The first-order chi connectivity index (χ1) is 13.3. The van der Waals surface area contributed by atoms with Crippen LogP contribution in [0, 0.1) is 23.2 Å². The van der Waals surface area contributed by atoms with Crippen LogP contribution in [0.5, 0.6) is 0 Å². The fourth-order valence-corrected chi connectivity index (χ4v) is 6.91. The highest BCUT2D eigenvalue weighted by molar-refractivity contribution is 9.11. The zero-order chi connectivity index (χ0) is 20.4. The van der Waals surface area contributed by atoms with Gasteiger partial charge < -0.3 is 9.47 Å². The van der Waals surface area contributed by atoms with Crippen LogP contribution in [0.4, 0.5) is 0 Å². The molecule has 1 heterocycles. The maximum Gasteiger partial charge on any atom is 0.340 e. The molecule has 1 saturated heterocycles. The summed E-state index contributed by atoms with van der Waals surface area (Å²) in [6.07, 6.45) is 12.3. The number of rotatable bonds is 8. The van der Waals surface area contributed by atoms with Crippen LogP contribution in [0.25, 0.3) is 0 Å². The average molecular weight is 455 g/mol. The molecule has 0 aromatic rings. The molecule has 0 aromatic heterocycles. The van der Waals surface area contributed by atoms with Crippen molar-refractivity contribution in [3.05, 3.63) is 10.6 Å². The smallest absolute Gasteiger partial charge is 0.340 e. The fourth-order valence-electron chi connectivity index (χ4n) is 6.36. The van der Waals surface area contributed by atoms with Gasteiger partial charge in [0, 0.05) is 6.42 Å². The predicted octanol–water partition coefficient (Wildman–Crippen LogP) is 7.14. The van der Waals surface area contributed by atoms with Crippen LogP contribution >= 0.6 is 15.9 Å². The molecule has 28 heavy (non-hydrogen) atoms. The van der Waals surface area contributed by atoms with Crippen LogP contribution in [-0.2, 0) is 14.3 Å². The third-order valence-corrected chi connectivity index (χ3v) is 8.62. The Morgan fingerprint density at radius 1 is 1.29 bits per heavy atom. The van der Waals surface area contributed by atoms with Crippen LogP contribution in [0.15, 0.2) is 10.6 Å². The zero-order valence-electron chi connectivity index (χ0n) is 18.3. The average Bonchev–Trinajstić information content (AvgIpc) is 3.16. The van der Waals surface area contributed by atoms with Crippen LogP contribution in [0.1, 0.15) is 98.3 Å². The molecular weight excluding hydrogens is 416 g/mol. The van der Waals surface area contributed by atoms with E-state index in [-0.39, 0.29) is 12.3 Å². The first kappa shape index (κ1) is 22.3. The number of hydrogen-bond donors (Lipinski definition) is 0. The normalized spacial score (nSPS) is 40.5. The molecule has 0 bridgehead atoms. The molecule has 0 N–H and O–H groups in total. The molecule has 0 spiro atoms. The van der Waals surface area contributed by atoms with Gasteiger partial charge in [-0.3, -0.25) is 0 Å². The number of hydrogen-bond acceptors (Lipinski definition) is 3. The van der Waals surface area contributed by atoms with E-state index in [0.29, 0.717) is 11.3 Å². The number of esters is 1. The number of unbranched alkanes of at least 4 members (excludes halogenated alkanes) is 1. The molecule has 1 aliphatic heterocycles. The van der Waals surface area contributed by atoms with Gasteiger partial charge in [0.2, 0.25) is 6.29 Å². The molecule has 4 heteroatoms. The molecule has 1 unspecified atom stereocenters. The summed E-state index contributed by atoms with van der Waals surface area (Å²) in [5.74, 6) is 2.09. The molecule has 0 amide bonds. The Morgan fingerprint density at radius 3 is 2.79 bits per heavy atom. The van der Waals surface area contributed by atoms with Gasteiger partial charge in [-0.25, -0.2) is 4.79 Å². The van der Waals surface area contributed by atoms with Crippen molar-refractivity contribution < 1.29 is 14.3 Å². The van der Waals surface area contributed by atoms with Crippen molar-refractivity contribution in [1.82, 2.24) is 0 Å². The van der Waals surface area contributed by atoms with E-state index in [1.165, 1.54) is 38.5 Å². The van der Waals surface area contributed by atoms with E-state index in [4.69, 9.17) is 9.47 Å². The quantitative estimate of drug-likeness (QED) is 0.365. The third kappa shape index (κ3) is 4.38. The summed E-state index contributed by atoms with van der Waals surface area (Å²) in [4.78, 5) is 14.6. The van der Waals surface area contributed by atoms with Crippen molar-refractivity contribution in [2.75, 3.05) is 0 Å². The van der Waals surface area contributed by atoms with Crippen LogP contribution in [0.2, 0.25) is 0 Å². The molecule has 3 fully saturated rings. The van der Waals surface area contributed by atoms with Gasteiger partial charge in [-0.05, 0) is 86.4 Å². The summed E-state index contributed by atoms with van der Waals surface area (Å²) >= 11 is 3.62. The minimum Gasteiger partial charge on any atom is -0.434 e. The number of carbonyl (C=O) groups is 1. The lowest BCUT2D eigenvalue weighted by Gasteiger charge is -2.44. The lowest BCUT2D eigenvalue weighted by molar-refractivity contribution is -0.145. The van der Waals surface area contributed by atoms with Gasteiger partial charge >= 0.3 is 5.97 Å². The first-order valence-corrected chi connectivity index (χ1v) is 12.4. The molecule has 3 rings (SSSR count). The van der Waals surface area contributed by atoms with Gasteiger partial charge in [-0.15, -0.1) is 0 Å². The van der Waals surface area contributed by atoms with Crippen molar-refractivity contribution in [1.29, 1.82) is 0 Å². The summed E-state index contributed by atoms with van der Waals surface area (Å²) in [6.45, 7) is 9.05. The number of carbonyl (C=O) groups excluding carboxylic acids is 1. The highest BCUT2D eigenvalue weighted by Gasteiger charge is 2.51. The molecule has 3 aliphatic rings. The molecule has 3 nitrogen and oxygen atoms in total.